The molecule has 1 aromatic heterocycles. The maximum absolute atomic E-state index is 3.56. The van der Waals surface area contributed by atoms with Crippen molar-refractivity contribution >= 4 is 69.0 Å². The molecule has 0 radical (unpaired) electrons. The van der Waals surface area contributed by atoms with Crippen molar-refractivity contribution in [3.8, 4) is 11.1 Å². The van der Waals surface area contributed by atoms with Crippen LogP contribution in [0, 0.1) is 0 Å². The molecule has 6 aromatic rings. The molecule has 0 unspecified atom stereocenters. The standard InChI is InChI=1S/C24H13BrS/c25-18-8-6-15-12-17(5-4-16(15)13-18)19-10-11-22-24-20(19)9-7-14-2-1-3-21(26-22)23(14)24/h1-13H. The number of rotatable bonds is 1. The van der Waals surface area contributed by atoms with Gasteiger partial charge in [0.1, 0.15) is 0 Å². The molecule has 2 heteroatoms. The van der Waals surface area contributed by atoms with Gasteiger partial charge in [-0.2, -0.15) is 0 Å². The normalized spacial score (nSPS) is 12.0. The van der Waals surface area contributed by atoms with Crippen LogP contribution in [0.3, 0.4) is 0 Å². The van der Waals surface area contributed by atoms with E-state index >= 15 is 0 Å². The van der Waals surface area contributed by atoms with Gasteiger partial charge in [-0.15, -0.1) is 11.3 Å². The zero-order valence-corrected chi connectivity index (χ0v) is 16.2. The van der Waals surface area contributed by atoms with Gasteiger partial charge in [-0.25, -0.2) is 0 Å². The molecule has 0 aliphatic heterocycles. The van der Waals surface area contributed by atoms with Crippen molar-refractivity contribution in [1.29, 1.82) is 0 Å². The summed E-state index contributed by atoms with van der Waals surface area (Å²) in [5, 5.41) is 8.05. The predicted molar refractivity (Wildman–Crippen MR) is 119 cm³/mol. The average Bonchev–Trinajstić information content (AvgIpc) is 3.06. The van der Waals surface area contributed by atoms with E-state index in [1.807, 2.05) is 11.3 Å². The number of fused-ring (bicyclic) bond motifs is 1. The SMILES string of the molecule is Brc1ccc2cc(-c3ccc4sc5cccc6ccc3c4c65)ccc2c1. The van der Waals surface area contributed by atoms with E-state index in [0.29, 0.717) is 0 Å². The minimum atomic E-state index is 1.12. The maximum atomic E-state index is 3.56. The second-order valence-electron chi connectivity index (χ2n) is 6.76. The van der Waals surface area contributed by atoms with Crippen molar-refractivity contribution in [2.45, 2.75) is 0 Å². The molecule has 0 fully saturated rings. The lowest BCUT2D eigenvalue weighted by atomic mass is 9.94. The number of halogens is 1. The fourth-order valence-electron chi connectivity index (χ4n) is 4.08. The van der Waals surface area contributed by atoms with Gasteiger partial charge in [0.05, 0.1) is 0 Å². The van der Waals surface area contributed by atoms with Gasteiger partial charge in [-0.3, -0.25) is 0 Å². The highest BCUT2D eigenvalue weighted by atomic mass is 79.9. The first-order valence-electron chi connectivity index (χ1n) is 8.64. The first-order chi connectivity index (χ1) is 12.8. The van der Waals surface area contributed by atoms with Crippen molar-refractivity contribution in [3.63, 3.8) is 0 Å². The van der Waals surface area contributed by atoms with Crippen molar-refractivity contribution in [3.05, 3.63) is 83.3 Å². The fourth-order valence-corrected chi connectivity index (χ4v) is 5.62. The molecule has 0 aliphatic rings. The van der Waals surface area contributed by atoms with Crippen LogP contribution in [0.1, 0.15) is 0 Å². The van der Waals surface area contributed by atoms with E-state index in [1.165, 1.54) is 52.8 Å². The number of hydrogen-bond donors (Lipinski definition) is 0. The lowest BCUT2D eigenvalue weighted by Crippen LogP contribution is -1.83. The molecule has 0 atom stereocenters. The van der Waals surface area contributed by atoms with Crippen LogP contribution in [-0.4, -0.2) is 0 Å². The van der Waals surface area contributed by atoms with E-state index in [9.17, 15) is 0 Å². The molecule has 0 saturated carbocycles. The molecule has 0 N–H and O–H groups in total. The van der Waals surface area contributed by atoms with Crippen LogP contribution in [-0.2, 0) is 0 Å². The Kier molecular flexibility index (Phi) is 3.00. The number of benzene rings is 5. The molecule has 26 heavy (non-hydrogen) atoms. The van der Waals surface area contributed by atoms with Crippen LogP contribution in [0.25, 0.3) is 52.8 Å². The minimum absolute atomic E-state index is 1.12. The second-order valence-corrected chi connectivity index (χ2v) is 8.76. The number of thiophene rings is 1. The Bertz CT molecular complexity index is 1440. The quantitative estimate of drug-likeness (QED) is 0.238. The molecule has 122 valence electrons. The average molecular weight is 413 g/mol. The molecule has 0 nitrogen and oxygen atoms in total. The summed E-state index contributed by atoms with van der Waals surface area (Å²) < 4.78 is 3.87. The second kappa shape index (κ2) is 5.29. The summed E-state index contributed by atoms with van der Waals surface area (Å²) in [6, 6.07) is 29.0. The molecular formula is C24H13BrS. The molecule has 0 amide bonds. The first kappa shape index (κ1) is 14.7. The van der Waals surface area contributed by atoms with Crippen molar-refractivity contribution in [1.82, 2.24) is 0 Å². The summed E-state index contributed by atoms with van der Waals surface area (Å²) in [7, 11) is 0. The Hall–Kier alpha value is -2.42. The van der Waals surface area contributed by atoms with E-state index in [-0.39, 0.29) is 0 Å². The summed E-state index contributed by atoms with van der Waals surface area (Å²) in [5.41, 5.74) is 2.59. The van der Waals surface area contributed by atoms with Gasteiger partial charge < -0.3 is 0 Å². The Morgan fingerprint density at radius 2 is 1.42 bits per heavy atom. The zero-order valence-electron chi connectivity index (χ0n) is 13.8. The van der Waals surface area contributed by atoms with Gasteiger partial charge in [0.2, 0.25) is 0 Å². The third-order valence-corrected chi connectivity index (χ3v) is 6.89. The van der Waals surface area contributed by atoms with Crippen LogP contribution in [0.4, 0.5) is 0 Å². The molecule has 0 bridgehead atoms. The van der Waals surface area contributed by atoms with Gasteiger partial charge >= 0.3 is 0 Å². The molecule has 0 spiro atoms. The molecular weight excluding hydrogens is 400 g/mol. The molecule has 0 aliphatic carbocycles. The Balaban J connectivity index is 1.70. The van der Waals surface area contributed by atoms with E-state index in [2.05, 4.69) is 94.8 Å². The summed E-state index contributed by atoms with van der Waals surface area (Å²) in [4.78, 5) is 0. The monoisotopic (exact) mass is 412 g/mol. The van der Waals surface area contributed by atoms with Crippen molar-refractivity contribution < 1.29 is 0 Å². The molecule has 6 rings (SSSR count). The zero-order chi connectivity index (χ0) is 17.3. The fraction of sp³-hybridized carbons (Fsp3) is 0. The lowest BCUT2D eigenvalue weighted by Gasteiger charge is -2.10. The molecule has 5 aromatic carbocycles. The van der Waals surface area contributed by atoms with Gasteiger partial charge in [0.15, 0.2) is 0 Å². The highest BCUT2D eigenvalue weighted by Crippen LogP contribution is 2.43. The summed E-state index contributed by atoms with van der Waals surface area (Å²) in [6.45, 7) is 0. The van der Waals surface area contributed by atoms with Crippen LogP contribution in [0.2, 0.25) is 0 Å². The smallest absolute Gasteiger partial charge is 0.0362 e. The third-order valence-electron chi connectivity index (χ3n) is 5.28. The Morgan fingerprint density at radius 1 is 0.615 bits per heavy atom. The molecule has 0 saturated heterocycles. The van der Waals surface area contributed by atoms with Gasteiger partial charge in [0, 0.05) is 24.6 Å². The van der Waals surface area contributed by atoms with E-state index < -0.39 is 0 Å². The van der Waals surface area contributed by atoms with Gasteiger partial charge in [-0.05, 0) is 63.0 Å². The van der Waals surface area contributed by atoms with Gasteiger partial charge in [0.25, 0.3) is 0 Å². The van der Waals surface area contributed by atoms with Crippen LogP contribution in [0.15, 0.2) is 83.3 Å². The van der Waals surface area contributed by atoms with Crippen LogP contribution < -0.4 is 0 Å². The van der Waals surface area contributed by atoms with Crippen molar-refractivity contribution in [2.75, 3.05) is 0 Å². The van der Waals surface area contributed by atoms with Crippen LogP contribution in [0.5, 0.6) is 0 Å². The first-order valence-corrected chi connectivity index (χ1v) is 10.2. The van der Waals surface area contributed by atoms with Crippen LogP contribution >= 0.6 is 27.3 Å². The van der Waals surface area contributed by atoms with E-state index in [0.717, 1.165) is 4.47 Å². The summed E-state index contributed by atoms with van der Waals surface area (Å²) in [6.07, 6.45) is 0. The third kappa shape index (κ3) is 2.00. The summed E-state index contributed by atoms with van der Waals surface area (Å²) >= 11 is 5.46. The van der Waals surface area contributed by atoms with Crippen molar-refractivity contribution in [2.24, 2.45) is 0 Å². The Morgan fingerprint density at radius 3 is 2.38 bits per heavy atom. The minimum Gasteiger partial charge on any atom is -0.135 e. The number of hydrogen-bond acceptors (Lipinski definition) is 1. The largest absolute Gasteiger partial charge is 0.135 e. The summed E-state index contributed by atoms with van der Waals surface area (Å²) in [5.74, 6) is 0. The maximum Gasteiger partial charge on any atom is 0.0362 e. The predicted octanol–water partition coefficient (Wildman–Crippen LogP) is 8.23. The topological polar surface area (TPSA) is 0 Å². The lowest BCUT2D eigenvalue weighted by molar-refractivity contribution is 1.68. The Labute approximate surface area is 163 Å². The highest BCUT2D eigenvalue weighted by molar-refractivity contribution is 9.10. The van der Waals surface area contributed by atoms with Gasteiger partial charge in [-0.1, -0.05) is 64.5 Å². The van der Waals surface area contributed by atoms with E-state index in [4.69, 9.17) is 0 Å². The molecule has 1 heterocycles. The van der Waals surface area contributed by atoms with E-state index in [1.54, 1.807) is 0 Å². The highest BCUT2D eigenvalue weighted by Gasteiger charge is 2.14.